The Balaban J connectivity index is 1.48. The number of halogens is 1. The Morgan fingerprint density at radius 1 is 1.12 bits per heavy atom. The Morgan fingerprint density at radius 2 is 1.96 bits per heavy atom. The van der Waals surface area contributed by atoms with Crippen LogP contribution in [0.15, 0.2) is 51.2 Å². The van der Waals surface area contributed by atoms with Crippen LogP contribution >= 0.6 is 34.7 Å². The van der Waals surface area contributed by atoms with Gasteiger partial charge in [-0.1, -0.05) is 41.1 Å². The summed E-state index contributed by atoms with van der Waals surface area (Å²) >= 11 is 9.21. The van der Waals surface area contributed by atoms with Crippen LogP contribution in [0.1, 0.15) is 11.5 Å². The third-order valence-corrected chi connectivity index (χ3v) is 5.81. The maximum Gasteiger partial charge on any atom is 0.247 e. The second kappa shape index (κ2) is 6.55. The van der Waals surface area contributed by atoms with Crippen molar-refractivity contribution < 1.29 is 4.42 Å². The molecule has 0 amide bonds. The van der Waals surface area contributed by atoms with Gasteiger partial charge in [0, 0.05) is 10.6 Å². The quantitative estimate of drug-likeness (QED) is 0.436. The summed E-state index contributed by atoms with van der Waals surface area (Å²) in [5, 5.41) is 8.93. The number of aromatic nitrogens is 3. The summed E-state index contributed by atoms with van der Waals surface area (Å²) in [4.78, 5) is 4.57. The van der Waals surface area contributed by atoms with Crippen LogP contribution in [0.25, 0.3) is 21.7 Å². The molecule has 0 N–H and O–H groups in total. The first-order chi connectivity index (χ1) is 11.7. The highest BCUT2D eigenvalue weighted by Gasteiger charge is 2.11. The zero-order valence-electron chi connectivity index (χ0n) is 12.7. The number of fused-ring (bicyclic) bond motifs is 1. The highest BCUT2D eigenvalue weighted by molar-refractivity contribution is 8.00. The first-order valence-electron chi connectivity index (χ1n) is 7.26. The summed E-state index contributed by atoms with van der Waals surface area (Å²) in [6.45, 7) is 2.05. The number of benzene rings is 2. The fraction of sp³-hybridized carbons (Fsp3) is 0.118. The summed E-state index contributed by atoms with van der Waals surface area (Å²) in [5.74, 6) is 1.72. The Kier molecular flexibility index (Phi) is 4.26. The van der Waals surface area contributed by atoms with E-state index < -0.39 is 0 Å². The maximum atomic E-state index is 6.00. The molecule has 4 nitrogen and oxygen atoms in total. The second-order valence-corrected chi connectivity index (χ2v) is 7.94. The van der Waals surface area contributed by atoms with Crippen molar-refractivity contribution in [2.75, 3.05) is 0 Å². The summed E-state index contributed by atoms with van der Waals surface area (Å²) in [5.41, 5.74) is 3.05. The Labute approximate surface area is 151 Å². The molecule has 0 saturated heterocycles. The van der Waals surface area contributed by atoms with Crippen molar-refractivity contribution in [3.63, 3.8) is 0 Å². The molecule has 24 heavy (non-hydrogen) atoms. The lowest BCUT2D eigenvalue weighted by molar-refractivity contribution is 0.528. The van der Waals surface area contributed by atoms with Crippen LogP contribution in [-0.2, 0) is 5.75 Å². The zero-order valence-corrected chi connectivity index (χ0v) is 15.1. The number of hydrogen-bond acceptors (Lipinski definition) is 6. The maximum absolute atomic E-state index is 6.00. The molecule has 0 aliphatic heterocycles. The zero-order chi connectivity index (χ0) is 16.5. The van der Waals surface area contributed by atoms with Gasteiger partial charge in [-0.15, -0.1) is 21.5 Å². The van der Waals surface area contributed by atoms with E-state index in [1.165, 1.54) is 5.56 Å². The number of hydrogen-bond donors (Lipinski definition) is 0. The van der Waals surface area contributed by atoms with Crippen molar-refractivity contribution in [2.45, 2.75) is 17.0 Å². The van der Waals surface area contributed by atoms with Crippen LogP contribution < -0.4 is 0 Å². The van der Waals surface area contributed by atoms with Crippen molar-refractivity contribution in [1.29, 1.82) is 0 Å². The Morgan fingerprint density at radius 3 is 2.79 bits per heavy atom. The van der Waals surface area contributed by atoms with Gasteiger partial charge in [0.2, 0.25) is 11.8 Å². The smallest absolute Gasteiger partial charge is 0.247 e. The minimum Gasteiger partial charge on any atom is -0.420 e. The molecule has 7 heteroatoms. The number of aryl methyl sites for hydroxylation is 1. The monoisotopic (exact) mass is 373 g/mol. The highest BCUT2D eigenvalue weighted by atomic mass is 35.5. The van der Waals surface area contributed by atoms with Gasteiger partial charge >= 0.3 is 0 Å². The third-order valence-electron chi connectivity index (χ3n) is 3.41. The molecule has 0 radical (unpaired) electrons. The van der Waals surface area contributed by atoms with Crippen LogP contribution in [0.5, 0.6) is 0 Å². The number of rotatable bonds is 4. The fourth-order valence-electron chi connectivity index (χ4n) is 2.19. The predicted molar refractivity (Wildman–Crippen MR) is 98.7 cm³/mol. The standard InChI is InChI=1S/C17H12ClN3OS2/c1-10-2-4-11(5-3-10)16-21-20-15(22-16)9-23-17-19-13-8-12(18)6-7-14(13)24-17/h2-8H,9H2,1H3. The topological polar surface area (TPSA) is 51.8 Å². The molecule has 0 saturated carbocycles. The summed E-state index contributed by atoms with van der Waals surface area (Å²) in [6, 6.07) is 13.8. The second-order valence-electron chi connectivity index (χ2n) is 5.25. The summed E-state index contributed by atoms with van der Waals surface area (Å²) in [7, 11) is 0. The molecule has 0 fully saturated rings. The van der Waals surface area contributed by atoms with E-state index >= 15 is 0 Å². The van der Waals surface area contributed by atoms with E-state index in [-0.39, 0.29) is 0 Å². The van der Waals surface area contributed by atoms with Crippen molar-refractivity contribution in [1.82, 2.24) is 15.2 Å². The van der Waals surface area contributed by atoms with E-state index in [0.717, 1.165) is 20.1 Å². The van der Waals surface area contributed by atoms with Crippen molar-refractivity contribution in [2.24, 2.45) is 0 Å². The van der Waals surface area contributed by atoms with E-state index in [9.17, 15) is 0 Å². The van der Waals surface area contributed by atoms with Crippen LogP contribution in [0.4, 0.5) is 0 Å². The van der Waals surface area contributed by atoms with E-state index in [1.54, 1.807) is 23.1 Å². The van der Waals surface area contributed by atoms with E-state index in [2.05, 4.69) is 15.2 Å². The normalized spacial score (nSPS) is 11.2. The molecular formula is C17H12ClN3OS2. The summed E-state index contributed by atoms with van der Waals surface area (Å²) in [6.07, 6.45) is 0. The van der Waals surface area contributed by atoms with Crippen molar-refractivity contribution in [3.8, 4) is 11.5 Å². The molecule has 4 rings (SSSR count). The number of nitrogens with zero attached hydrogens (tertiary/aromatic N) is 3. The summed E-state index contributed by atoms with van der Waals surface area (Å²) < 4.78 is 7.82. The van der Waals surface area contributed by atoms with Gasteiger partial charge < -0.3 is 4.42 Å². The molecular weight excluding hydrogens is 362 g/mol. The van der Waals surface area contributed by atoms with Crippen LogP contribution in [-0.4, -0.2) is 15.2 Å². The van der Waals surface area contributed by atoms with Gasteiger partial charge in [0.1, 0.15) is 0 Å². The van der Waals surface area contributed by atoms with Crippen LogP contribution in [0.3, 0.4) is 0 Å². The molecule has 2 heterocycles. The lowest BCUT2D eigenvalue weighted by atomic mass is 10.1. The predicted octanol–water partition coefficient (Wildman–Crippen LogP) is 5.60. The molecule has 0 bridgehead atoms. The lowest BCUT2D eigenvalue weighted by Gasteiger charge is -1.95. The average molecular weight is 374 g/mol. The fourth-order valence-corrected chi connectivity index (χ4v) is 4.24. The van der Waals surface area contributed by atoms with Gasteiger partial charge in [-0.2, -0.15) is 0 Å². The molecule has 0 aliphatic carbocycles. The van der Waals surface area contributed by atoms with Crippen molar-refractivity contribution in [3.05, 3.63) is 58.9 Å². The molecule has 120 valence electrons. The Hall–Kier alpha value is -1.89. The van der Waals surface area contributed by atoms with Gasteiger partial charge in [-0.3, -0.25) is 0 Å². The van der Waals surface area contributed by atoms with E-state index in [4.69, 9.17) is 16.0 Å². The first-order valence-corrected chi connectivity index (χ1v) is 9.44. The SMILES string of the molecule is Cc1ccc(-c2nnc(CSc3nc4cc(Cl)ccc4s3)o2)cc1. The average Bonchev–Trinajstić information content (AvgIpc) is 3.19. The molecule has 2 aromatic heterocycles. The Bertz CT molecular complexity index is 995. The minimum atomic E-state index is 0.543. The molecule has 0 aliphatic rings. The van der Waals surface area contributed by atoms with Gasteiger partial charge in [-0.25, -0.2) is 4.98 Å². The number of thiazole rings is 1. The van der Waals surface area contributed by atoms with Crippen LogP contribution in [0, 0.1) is 6.92 Å². The van der Waals surface area contributed by atoms with Gasteiger partial charge in [0.05, 0.1) is 16.0 Å². The molecule has 0 atom stereocenters. The third kappa shape index (κ3) is 3.31. The van der Waals surface area contributed by atoms with Gasteiger partial charge in [0.25, 0.3) is 0 Å². The molecule has 4 aromatic rings. The highest BCUT2D eigenvalue weighted by Crippen LogP contribution is 2.32. The number of thioether (sulfide) groups is 1. The van der Waals surface area contributed by atoms with E-state index in [1.807, 2.05) is 49.4 Å². The van der Waals surface area contributed by atoms with E-state index in [0.29, 0.717) is 22.6 Å². The largest absolute Gasteiger partial charge is 0.420 e. The van der Waals surface area contributed by atoms with Crippen molar-refractivity contribution >= 4 is 44.9 Å². The molecule has 0 spiro atoms. The molecule has 2 aromatic carbocycles. The lowest BCUT2D eigenvalue weighted by Crippen LogP contribution is -1.79. The molecule has 0 unspecified atom stereocenters. The minimum absolute atomic E-state index is 0.543. The van der Waals surface area contributed by atoms with Gasteiger partial charge in [0.15, 0.2) is 4.34 Å². The van der Waals surface area contributed by atoms with Crippen LogP contribution in [0.2, 0.25) is 5.02 Å². The first kappa shape index (κ1) is 15.6. The van der Waals surface area contributed by atoms with Gasteiger partial charge in [-0.05, 0) is 37.3 Å².